The van der Waals surface area contributed by atoms with E-state index < -0.39 is 17.7 Å². The minimum atomic E-state index is -0.973. The molecule has 0 radical (unpaired) electrons. The fourth-order valence-corrected chi connectivity index (χ4v) is 4.51. The Morgan fingerprint density at radius 3 is 2.46 bits per heavy atom. The van der Waals surface area contributed by atoms with Gasteiger partial charge in [0.05, 0.1) is 11.6 Å². The first-order chi connectivity index (χ1) is 13.5. The molecular weight excluding hydrogens is 354 g/mol. The SMILES string of the molecule is CC1CC(C)CN(c2nc3c(c(=O)[nH]2)C(c2ccccc2)C(C#N)C(=O)N3)C1. The summed E-state index contributed by atoms with van der Waals surface area (Å²) >= 11 is 0. The molecule has 4 atom stereocenters. The van der Waals surface area contributed by atoms with Crippen LogP contribution in [0.5, 0.6) is 0 Å². The van der Waals surface area contributed by atoms with Gasteiger partial charge in [0.1, 0.15) is 11.7 Å². The van der Waals surface area contributed by atoms with E-state index in [1.54, 1.807) is 0 Å². The lowest BCUT2D eigenvalue weighted by Crippen LogP contribution is -2.42. The van der Waals surface area contributed by atoms with Crippen LogP contribution in [0.15, 0.2) is 35.1 Å². The molecule has 1 saturated heterocycles. The number of nitrogens with one attached hydrogen (secondary N) is 2. The smallest absolute Gasteiger partial charge is 0.258 e. The number of nitriles is 1. The van der Waals surface area contributed by atoms with Crippen LogP contribution in [-0.4, -0.2) is 29.0 Å². The molecule has 0 bridgehead atoms. The van der Waals surface area contributed by atoms with E-state index in [-0.39, 0.29) is 11.4 Å². The van der Waals surface area contributed by atoms with Crippen LogP contribution in [-0.2, 0) is 4.79 Å². The molecule has 2 aliphatic heterocycles. The van der Waals surface area contributed by atoms with Crippen molar-refractivity contribution in [2.45, 2.75) is 26.2 Å². The van der Waals surface area contributed by atoms with Crippen LogP contribution in [0.4, 0.5) is 11.8 Å². The van der Waals surface area contributed by atoms with Gasteiger partial charge in [-0.15, -0.1) is 0 Å². The molecule has 144 valence electrons. The maximum Gasteiger partial charge on any atom is 0.258 e. The zero-order valence-corrected chi connectivity index (χ0v) is 16.0. The van der Waals surface area contributed by atoms with Crippen molar-refractivity contribution in [1.29, 1.82) is 5.26 Å². The van der Waals surface area contributed by atoms with Crippen LogP contribution < -0.4 is 15.8 Å². The molecule has 1 fully saturated rings. The Labute approximate surface area is 163 Å². The molecular formula is C21H23N5O2. The second kappa shape index (κ2) is 7.12. The topological polar surface area (TPSA) is 102 Å². The number of carbonyl (C=O) groups is 1. The average Bonchev–Trinajstić information content (AvgIpc) is 2.66. The van der Waals surface area contributed by atoms with Gasteiger partial charge in [0, 0.05) is 19.0 Å². The van der Waals surface area contributed by atoms with E-state index in [4.69, 9.17) is 0 Å². The summed E-state index contributed by atoms with van der Waals surface area (Å²) in [6.45, 7) is 5.99. The standard InChI is InChI=1S/C21H23N5O2/c1-12-8-13(2)11-26(10-12)21-24-18-17(20(28)25-21)16(14-6-4-3-5-7-14)15(9-22)19(27)23-18/h3-7,12-13,15-16H,8,10-11H2,1-2H3,(H2,23,24,25,27,28). The quantitative estimate of drug-likeness (QED) is 0.837. The fraction of sp³-hybridized carbons (Fsp3) is 0.429. The van der Waals surface area contributed by atoms with Gasteiger partial charge < -0.3 is 10.2 Å². The second-order valence-electron chi connectivity index (χ2n) is 7.99. The van der Waals surface area contributed by atoms with Crippen molar-refractivity contribution in [3.05, 3.63) is 51.8 Å². The first-order valence-electron chi connectivity index (χ1n) is 9.62. The van der Waals surface area contributed by atoms with Crippen LogP contribution in [0.2, 0.25) is 0 Å². The van der Waals surface area contributed by atoms with Crippen LogP contribution in [0.25, 0.3) is 0 Å². The van der Waals surface area contributed by atoms with E-state index in [2.05, 4.69) is 40.1 Å². The van der Waals surface area contributed by atoms with E-state index in [0.717, 1.165) is 25.1 Å². The lowest BCUT2D eigenvalue weighted by molar-refractivity contribution is -0.119. The van der Waals surface area contributed by atoms with Crippen molar-refractivity contribution < 1.29 is 4.79 Å². The van der Waals surface area contributed by atoms with Gasteiger partial charge in [-0.05, 0) is 23.8 Å². The van der Waals surface area contributed by atoms with E-state index >= 15 is 0 Å². The minimum absolute atomic E-state index is 0.259. The molecule has 1 aromatic carbocycles. The third kappa shape index (κ3) is 3.15. The highest BCUT2D eigenvalue weighted by molar-refractivity contribution is 5.97. The lowest BCUT2D eigenvalue weighted by atomic mass is 9.79. The summed E-state index contributed by atoms with van der Waals surface area (Å²) in [7, 11) is 0. The van der Waals surface area contributed by atoms with Gasteiger partial charge in [0.25, 0.3) is 5.56 Å². The number of amides is 1. The normalized spacial score (nSPS) is 26.9. The number of nitrogens with zero attached hydrogens (tertiary/aromatic N) is 3. The molecule has 0 saturated carbocycles. The Balaban J connectivity index is 1.81. The fourth-order valence-electron chi connectivity index (χ4n) is 4.51. The first-order valence-corrected chi connectivity index (χ1v) is 9.62. The number of aromatic amines is 1. The van der Waals surface area contributed by atoms with Crippen molar-refractivity contribution in [2.24, 2.45) is 17.8 Å². The number of piperidine rings is 1. The van der Waals surface area contributed by atoms with E-state index in [9.17, 15) is 14.9 Å². The van der Waals surface area contributed by atoms with Crippen LogP contribution in [0, 0.1) is 29.1 Å². The van der Waals surface area contributed by atoms with Crippen molar-refractivity contribution in [2.75, 3.05) is 23.3 Å². The lowest BCUT2D eigenvalue weighted by Gasteiger charge is -2.36. The zero-order chi connectivity index (χ0) is 19.8. The first kappa shape index (κ1) is 18.2. The summed E-state index contributed by atoms with van der Waals surface area (Å²) in [5.74, 6) is -0.300. The molecule has 1 amide bonds. The molecule has 1 aromatic heterocycles. The molecule has 28 heavy (non-hydrogen) atoms. The molecule has 2 aromatic rings. The third-order valence-electron chi connectivity index (χ3n) is 5.58. The summed E-state index contributed by atoms with van der Waals surface area (Å²) in [4.78, 5) is 35.2. The Kier molecular flexibility index (Phi) is 4.63. The van der Waals surface area contributed by atoms with Crippen molar-refractivity contribution in [1.82, 2.24) is 9.97 Å². The summed E-state index contributed by atoms with van der Waals surface area (Å²) in [6.07, 6.45) is 1.14. The number of aromatic nitrogens is 2. The summed E-state index contributed by atoms with van der Waals surface area (Å²) < 4.78 is 0. The molecule has 0 spiro atoms. The molecule has 4 rings (SSSR count). The Bertz CT molecular complexity index is 984. The highest BCUT2D eigenvalue weighted by atomic mass is 16.2. The number of carbonyl (C=O) groups excluding carboxylic acids is 1. The maximum atomic E-state index is 13.1. The van der Waals surface area contributed by atoms with Crippen molar-refractivity contribution >= 4 is 17.7 Å². The minimum Gasteiger partial charge on any atom is -0.342 e. The largest absolute Gasteiger partial charge is 0.342 e. The van der Waals surface area contributed by atoms with Gasteiger partial charge in [-0.3, -0.25) is 14.6 Å². The summed E-state index contributed by atoms with van der Waals surface area (Å²) in [5.41, 5.74) is 0.796. The predicted molar refractivity (Wildman–Crippen MR) is 106 cm³/mol. The third-order valence-corrected chi connectivity index (χ3v) is 5.58. The van der Waals surface area contributed by atoms with E-state index in [1.807, 2.05) is 30.3 Å². The number of hydrogen-bond acceptors (Lipinski definition) is 5. The molecule has 4 unspecified atom stereocenters. The van der Waals surface area contributed by atoms with Crippen molar-refractivity contribution in [3.8, 4) is 6.07 Å². The Hall–Kier alpha value is -3.14. The number of benzene rings is 1. The number of rotatable bonds is 2. The summed E-state index contributed by atoms with van der Waals surface area (Å²) in [6, 6.07) is 11.3. The maximum absolute atomic E-state index is 13.1. The van der Waals surface area contributed by atoms with Gasteiger partial charge in [-0.25, -0.2) is 0 Å². The van der Waals surface area contributed by atoms with Crippen LogP contribution in [0.3, 0.4) is 0 Å². The molecule has 7 nitrogen and oxygen atoms in total. The van der Waals surface area contributed by atoms with Crippen molar-refractivity contribution in [3.63, 3.8) is 0 Å². The number of hydrogen-bond donors (Lipinski definition) is 2. The Morgan fingerprint density at radius 1 is 1.14 bits per heavy atom. The molecule has 7 heteroatoms. The molecule has 0 aliphatic carbocycles. The Morgan fingerprint density at radius 2 is 1.82 bits per heavy atom. The summed E-state index contributed by atoms with van der Waals surface area (Å²) in [5, 5.41) is 12.3. The van der Waals surface area contributed by atoms with Gasteiger partial charge in [0.15, 0.2) is 0 Å². The van der Waals surface area contributed by atoms with Crippen LogP contribution in [0.1, 0.15) is 37.3 Å². The molecule has 3 heterocycles. The second-order valence-corrected chi connectivity index (χ2v) is 7.99. The van der Waals surface area contributed by atoms with Gasteiger partial charge in [0.2, 0.25) is 11.9 Å². The van der Waals surface area contributed by atoms with E-state index in [0.29, 0.717) is 23.3 Å². The molecule has 2 N–H and O–H groups in total. The number of H-pyrrole nitrogens is 1. The number of fused-ring (bicyclic) bond motifs is 1. The highest BCUT2D eigenvalue weighted by Gasteiger charge is 2.40. The van der Waals surface area contributed by atoms with Gasteiger partial charge in [-0.2, -0.15) is 10.2 Å². The average molecular weight is 377 g/mol. The highest BCUT2D eigenvalue weighted by Crippen LogP contribution is 2.38. The monoisotopic (exact) mass is 377 g/mol. The predicted octanol–water partition coefficient (Wildman–Crippen LogP) is 2.48. The van der Waals surface area contributed by atoms with Crippen LogP contribution >= 0.6 is 0 Å². The zero-order valence-electron chi connectivity index (χ0n) is 16.0. The number of anilines is 2. The molecule has 2 aliphatic rings. The van der Waals surface area contributed by atoms with E-state index in [1.165, 1.54) is 0 Å². The van der Waals surface area contributed by atoms with Gasteiger partial charge in [-0.1, -0.05) is 44.2 Å². The van der Waals surface area contributed by atoms with Gasteiger partial charge >= 0.3 is 0 Å².